The maximum atomic E-state index is 12.8. The second kappa shape index (κ2) is 8.43. The quantitative estimate of drug-likeness (QED) is 0.551. The average molecular weight is 449 g/mol. The van der Waals surface area contributed by atoms with Gasteiger partial charge >= 0.3 is 0 Å². The summed E-state index contributed by atoms with van der Waals surface area (Å²) in [6.07, 6.45) is 4.68. The number of aromatic nitrogens is 2. The summed E-state index contributed by atoms with van der Waals surface area (Å²) in [7, 11) is 1.83. The summed E-state index contributed by atoms with van der Waals surface area (Å²) >= 11 is 6.10. The minimum atomic E-state index is -0.258. The smallest absolute Gasteiger partial charge is 0.257 e. The van der Waals surface area contributed by atoms with Crippen LogP contribution in [-0.2, 0) is 11.8 Å². The number of amides is 2. The number of hydrogen-bond acceptors (Lipinski definition) is 3. The number of anilines is 2. The normalized spacial score (nSPS) is 21.5. The number of carbonyl (C=O) groups is 2. The van der Waals surface area contributed by atoms with Gasteiger partial charge in [-0.25, -0.2) is 0 Å². The molecule has 2 aliphatic rings. The summed E-state index contributed by atoms with van der Waals surface area (Å²) in [6.45, 7) is 0. The first-order chi connectivity index (χ1) is 15.5. The second-order valence-corrected chi connectivity index (χ2v) is 9.23. The van der Waals surface area contributed by atoms with E-state index in [1.165, 1.54) is 19.3 Å². The number of halogens is 1. The number of hydrogen-bond donors (Lipinski definition) is 2. The molecule has 3 aromatic rings. The molecule has 2 fully saturated rings. The molecule has 2 bridgehead atoms. The van der Waals surface area contributed by atoms with Crippen LogP contribution in [0.25, 0.3) is 11.3 Å². The first kappa shape index (κ1) is 20.8. The van der Waals surface area contributed by atoms with E-state index >= 15 is 0 Å². The Morgan fingerprint density at radius 3 is 2.50 bits per heavy atom. The van der Waals surface area contributed by atoms with E-state index in [1.807, 2.05) is 37.4 Å². The summed E-state index contributed by atoms with van der Waals surface area (Å²) in [4.78, 5) is 25.2. The van der Waals surface area contributed by atoms with Crippen molar-refractivity contribution >= 4 is 34.9 Å². The molecule has 0 spiro atoms. The minimum absolute atomic E-state index is 0.115. The first-order valence-corrected chi connectivity index (χ1v) is 11.4. The van der Waals surface area contributed by atoms with Crippen LogP contribution in [0.2, 0.25) is 5.02 Å². The van der Waals surface area contributed by atoms with Crippen molar-refractivity contribution in [3.8, 4) is 11.3 Å². The molecule has 0 saturated heterocycles. The summed E-state index contributed by atoms with van der Waals surface area (Å²) in [5.41, 5.74) is 2.76. The molecule has 5 rings (SSSR count). The zero-order valence-electron chi connectivity index (χ0n) is 17.8. The molecular weight excluding hydrogens is 424 g/mol. The van der Waals surface area contributed by atoms with Crippen LogP contribution in [0, 0.1) is 17.8 Å². The molecule has 164 valence electrons. The van der Waals surface area contributed by atoms with E-state index in [2.05, 4.69) is 15.7 Å². The lowest BCUT2D eigenvalue weighted by molar-refractivity contribution is -0.121. The number of benzene rings is 2. The summed E-state index contributed by atoms with van der Waals surface area (Å²) in [5, 5.41) is 10.9. The fourth-order valence-corrected chi connectivity index (χ4v) is 5.30. The van der Waals surface area contributed by atoms with E-state index < -0.39 is 0 Å². The van der Waals surface area contributed by atoms with Crippen LogP contribution >= 0.6 is 11.6 Å². The number of aryl methyl sites for hydroxylation is 1. The molecular formula is C25H25ClN4O2. The van der Waals surface area contributed by atoms with Crippen molar-refractivity contribution in [2.75, 3.05) is 10.6 Å². The van der Waals surface area contributed by atoms with Crippen LogP contribution in [0.4, 0.5) is 11.5 Å². The Kier molecular flexibility index (Phi) is 5.47. The summed E-state index contributed by atoms with van der Waals surface area (Å²) < 4.78 is 1.70. The maximum absolute atomic E-state index is 12.8. The first-order valence-electron chi connectivity index (χ1n) is 11.0. The molecule has 6 nitrogen and oxygen atoms in total. The van der Waals surface area contributed by atoms with Crippen molar-refractivity contribution in [2.45, 2.75) is 25.7 Å². The monoisotopic (exact) mass is 448 g/mol. The van der Waals surface area contributed by atoms with E-state index in [-0.39, 0.29) is 17.7 Å². The Morgan fingerprint density at radius 2 is 1.81 bits per heavy atom. The largest absolute Gasteiger partial charge is 0.322 e. The zero-order chi connectivity index (χ0) is 22.2. The third-order valence-electron chi connectivity index (χ3n) is 6.76. The van der Waals surface area contributed by atoms with E-state index in [9.17, 15) is 9.59 Å². The highest BCUT2D eigenvalue weighted by atomic mass is 35.5. The van der Waals surface area contributed by atoms with Crippen molar-refractivity contribution in [2.24, 2.45) is 24.8 Å². The number of carbonyl (C=O) groups excluding carboxylic acids is 2. The molecule has 1 heterocycles. The Balaban J connectivity index is 1.26. The summed E-state index contributed by atoms with van der Waals surface area (Å²) in [6, 6.07) is 16.3. The van der Waals surface area contributed by atoms with Gasteiger partial charge in [-0.15, -0.1) is 0 Å². The van der Waals surface area contributed by atoms with Gasteiger partial charge in [-0.3, -0.25) is 14.3 Å². The Morgan fingerprint density at radius 1 is 1.03 bits per heavy atom. The van der Waals surface area contributed by atoms with Gasteiger partial charge in [0.25, 0.3) is 5.91 Å². The predicted octanol–water partition coefficient (Wildman–Crippen LogP) is 5.37. The van der Waals surface area contributed by atoms with Crippen LogP contribution in [0.5, 0.6) is 0 Å². The van der Waals surface area contributed by atoms with Crippen LogP contribution in [0.3, 0.4) is 0 Å². The third-order valence-corrected chi connectivity index (χ3v) is 7.09. The average Bonchev–Trinajstić information content (AvgIpc) is 3.51. The lowest BCUT2D eigenvalue weighted by Gasteiger charge is -2.20. The topological polar surface area (TPSA) is 76.0 Å². The van der Waals surface area contributed by atoms with Crippen molar-refractivity contribution < 1.29 is 9.59 Å². The molecule has 0 radical (unpaired) electrons. The van der Waals surface area contributed by atoms with E-state index in [1.54, 1.807) is 28.9 Å². The third kappa shape index (κ3) is 4.02. The molecule has 2 saturated carbocycles. The fraction of sp³-hybridized carbons (Fsp3) is 0.320. The van der Waals surface area contributed by atoms with Gasteiger partial charge in [0.15, 0.2) is 0 Å². The number of fused-ring (bicyclic) bond motifs is 2. The summed E-state index contributed by atoms with van der Waals surface area (Å²) in [5.74, 6) is 1.96. The molecule has 3 unspecified atom stereocenters. The van der Waals surface area contributed by atoms with Gasteiger partial charge in [-0.1, -0.05) is 42.3 Å². The Hall–Kier alpha value is -3.12. The van der Waals surface area contributed by atoms with Crippen molar-refractivity contribution in [3.05, 3.63) is 65.2 Å². The van der Waals surface area contributed by atoms with Crippen LogP contribution < -0.4 is 10.6 Å². The van der Waals surface area contributed by atoms with Gasteiger partial charge in [-0.2, -0.15) is 5.10 Å². The maximum Gasteiger partial charge on any atom is 0.257 e. The zero-order valence-corrected chi connectivity index (χ0v) is 18.6. The van der Waals surface area contributed by atoms with Gasteiger partial charge in [0.2, 0.25) is 5.91 Å². The lowest BCUT2D eigenvalue weighted by Crippen LogP contribution is -2.28. The standard InChI is InChI=1S/C25H25ClN4O2/c1-30-23(28-25(32)20-13-15-6-7-17(20)12-15)14-22(29-30)16-8-10-18(11-9-16)27-24(31)19-4-2-3-5-21(19)26/h2-5,8-11,14-15,17,20H,6-7,12-13H2,1H3,(H,27,31)(H,28,32). The fourth-order valence-electron chi connectivity index (χ4n) is 5.08. The SMILES string of the molecule is Cn1nc(-c2ccc(NC(=O)c3ccccc3Cl)cc2)cc1NC(=O)C1CC2CCC1C2. The molecule has 2 aliphatic carbocycles. The van der Waals surface area contributed by atoms with E-state index in [4.69, 9.17) is 11.6 Å². The van der Waals surface area contributed by atoms with E-state index in [0.29, 0.717) is 28.0 Å². The molecule has 1 aromatic heterocycles. The molecule has 0 aliphatic heterocycles. The van der Waals surface area contributed by atoms with Gasteiger partial charge < -0.3 is 10.6 Å². The number of nitrogens with zero attached hydrogens (tertiary/aromatic N) is 2. The van der Waals surface area contributed by atoms with Crippen molar-refractivity contribution in [1.29, 1.82) is 0 Å². The van der Waals surface area contributed by atoms with Crippen LogP contribution in [-0.4, -0.2) is 21.6 Å². The molecule has 2 aromatic carbocycles. The molecule has 32 heavy (non-hydrogen) atoms. The van der Waals surface area contributed by atoms with Crippen molar-refractivity contribution in [3.63, 3.8) is 0 Å². The van der Waals surface area contributed by atoms with Crippen LogP contribution in [0.1, 0.15) is 36.0 Å². The van der Waals surface area contributed by atoms with Crippen LogP contribution in [0.15, 0.2) is 54.6 Å². The van der Waals surface area contributed by atoms with Gasteiger partial charge in [-0.05, 0) is 55.4 Å². The molecule has 2 amide bonds. The highest BCUT2D eigenvalue weighted by Gasteiger charge is 2.43. The van der Waals surface area contributed by atoms with E-state index in [0.717, 1.165) is 23.6 Å². The van der Waals surface area contributed by atoms with Gasteiger partial charge in [0, 0.05) is 30.3 Å². The number of nitrogens with one attached hydrogen (secondary N) is 2. The van der Waals surface area contributed by atoms with Gasteiger partial charge in [0.1, 0.15) is 5.82 Å². The van der Waals surface area contributed by atoms with Crippen molar-refractivity contribution in [1.82, 2.24) is 9.78 Å². The molecule has 7 heteroatoms. The molecule has 3 atom stereocenters. The number of rotatable bonds is 5. The highest BCUT2D eigenvalue weighted by Crippen LogP contribution is 2.48. The lowest BCUT2D eigenvalue weighted by atomic mass is 9.88. The Labute approximate surface area is 192 Å². The van der Waals surface area contributed by atoms with Gasteiger partial charge in [0.05, 0.1) is 16.3 Å². The minimum Gasteiger partial charge on any atom is -0.322 e. The Bertz CT molecular complexity index is 1170. The molecule has 2 N–H and O–H groups in total. The highest BCUT2D eigenvalue weighted by molar-refractivity contribution is 6.34. The predicted molar refractivity (Wildman–Crippen MR) is 126 cm³/mol. The second-order valence-electron chi connectivity index (χ2n) is 8.82.